The molecule has 0 atom stereocenters. The van der Waals surface area contributed by atoms with Gasteiger partial charge in [0, 0.05) is 23.3 Å². The first-order valence-corrected chi connectivity index (χ1v) is 5.94. The largest absolute Gasteiger partial charge is 0.294 e. The van der Waals surface area contributed by atoms with E-state index >= 15 is 0 Å². The minimum atomic E-state index is 0.590. The highest BCUT2D eigenvalue weighted by Gasteiger charge is 2.08. The van der Waals surface area contributed by atoms with Crippen molar-refractivity contribution in [1.82, 2.24) is 19.5 Å². The van der Waals surface area contributed by atoms with E-state index in [1.54, 1.807) is 0 Å². The molecule has 0 radical (unpaired) electrons. The molecule has 0 amide bonds. The Balaban J connectivity index is 2.13. The lowest BCUT2D eigenvalue weighted by atomic mass is 10.4. The molecule has 0 aromatic carbocycles. The quantitative estimate of drug-likeness (QED) is 0.856. The van der Waals surface area contributed by atoms with Gasteiger partial charge >= 0.3 is 0 Å². The second kappa shape index (κ2) is 5.49. The molecule has 0 fully saturated rings. The Morgan fingerprint density at radius 3 is 3.06 bits per heavy atom. The Morgan fingerprint density at radius 1 is 1.47 bits per heavy atom. The van der Waals surface area contributed by atoms with Crippen LogP contribution >= 0.6 is 23.2 Å². The van der Waals surface area contributed by atoms with Gasteiger partial charge in [0.1, 0.15) is 0 Å². The fourth-order valence-electron chi connectivity index (χ4n) is 1.59. The predicted molar refractivity (Wildman–Crippen MR) is 69.1 cm³/mol. The fraction of sp³-hybridized carbons (Fsp3) is 0.273. The zero-order valence-electron chi connectivity index (χ0n) is 9.35. The topological polar surface area (TPSA) is 33.4 Å². The van der Waals surface area contributed by atoms with Crippen LogP contribution in [0.2, 0.25) is 0 Å². The van der Waals surface area contributed by atoms with E-state index in [0.717, 1.165) is 11.5 Å². The lowest BCUT2D eigenvalue weighted by Crippen LogP contribution is -2.20. The average molecular weight is 271 g/mol. The molecule has 2 heterocycles. The van der Waals surface area contributed by atoms with Crippen molar-refractivity contribution >= 4 is 28.8 Å². The zero-order valence-corrected chi connectivity index (χ0v) is 10.9. The molecule has 0 saturated heterocycles. The van der Waals surface area contributed by atoms with Crippen LogP contribution < -0.4 is 0 Å². The Bertz CT molecular complexity index is 535. The van der Waals surface area contributed by atoms with Crippen LogP contribution in [0.3, 0.4) is 0 Å². The third-order valence-electron chi connectivity index (χ3n) is 2.34. The second-order valence-electron chi connectivity index (χ2n) is 3.77. The average Bonchev–Trinajstić information content (AvgIpc) is 2.72. The van der Waals surface area contributed by atoms with Gasteiger partial charge in [-0.05, 0) is 19.2 Å². The Hall–Kier alpha value is -1.10. The van der Waals surface area contributed by atoms with Gasteiger partial charge in [0.15, 0.2) is 11.5 Å². The van der Waals surface area contributed by atoms with Gasteiger partial charge in [-0.1, -0.05) is 29.3 Å². The van der Waals surface area contributed by atoms with E-state index in [1.165, 1.54) is 5.54 Å². The van der Waals surface area contributed by atoms with Gasteiger partial charge < -0.3 is 0 Å². The van der Waals surface area contributed by atoms with E-state index in [9.17, 15) is 0 Å². The number of rotatable bonds is 4. The summed E-state index contributed by atoms with van der Waals surface area (Å²) in [5.74, 6) is 0.877. The maximum absolute atomic E-state index is 5.86. The summed E-state index contributed by atoms with van der Waals surface area (Å²) in [5, 5.41) is 8.83. The summed E-state index contributed by atoms with van der Waals surface area (Å²) >= 11 is 11.4. The Labute approximate surface area is 109 Å². The maximum Gasteiger partial charge on any atom is 0.160 e. The first-order valence-electron chi connectivity index (χ1n) is 5.12. The minimum Gasteiger partial charge on any atom is -0.294 e. The molecular formula is C11H12Cl2N4. The van der Waals surface area contributed by atoms with Crippen LogP contribution in [-0.4, -0.2) is 33.1 Å². The van der Waals surface area contributed by atoms with Gasteiger partial charge in [0.05, 0.1) is 6.54 Å². The number of halogens is 2. The molecule has 6 heteroatoms. The summed E-state index contributed by atoms with van der Waals surface area (Å²) < 4.78 is 1.95. The molecule has 17 heavy (non-hydrogen) atoms. The molecule has 0 saturated carbocycles. The highest BCUT2D eigenvalue weighted by Crippen LogP contribution is 2.09. The zero-order chi connectivity index (χ0) is 12.3. The normalized spacial score (nSPS) is 12.6. The van der Waals surface area contributed by atoms with Gasteiger partial charge in [-0.15, -0.1) is 10.2 Å². The van der Waals surface area contributed by atoms with Gasteiger partial charge in [0.2, 0.25) is 0 Å². The molecule has 0 N–H and O–H groups in total. The number of pyridine rings is 1. The van der Waals surface area contributed by atoms with E-state index in [1.807, 2.05) is 40.7 Å². The molecule has 0 aliphatic carbocycles. The number of hydrogen-bond acceptors (Lipinski definition) is 3. The van der Waals surface area contributed by atoms with Crippen LogP contribution in [-0.2, 0) is 6.54 Å². The summed E-state index contributed by atoms with van der Waals surface area (Å²) in [5.41, 5.74) is 2.22. The van der Waals surface area contributed by atoms with Crippen LogP contribution in [0, 0.1) is 0 Å². The summed E-state index contributed by atoms with van der Waals surface area (Å²) in [6, 6.07) is 5.80. The molecule has 0 bridgehead atoms. The van der Waals surface area contributed by atoms with E-state index in [-0.39, 0.29) is 0 Å². The van der Waals surface area contributed by atoms with E-state index in [0.29, 0.717) is 18.1 Å². The van der Waals surface area contributed by atoms with Gasteiger partial charge in [-0.25, -0.2) is 0 Å². The molecule has 0 spiro atoms. The molecule has 2 aromatic heterocycles. The summed E-state index contributed by atoms with van der Waals surface area (Å²) in [4.78, 5) is 2.02. The molecule has 0 aliphatic rings. The summed E-state index contributed by atoms with van der Waals surface area (Å²) in [6.07, 6.45) is 1.94. The number of hydrogen-bond donors (Lipinski definition) is 0. The number of aromatic nitrogens is 3. The van der Waals surface area contributed by atoms with Crippen LogP contribution in [0.1, 0.15) is 5.82 Å². The predicted octanol–water partition coefficient (Wildman–Crippen LogP) is 2.48. The Morgan fingerprint density at radius 2 is 2.29 bits per heavy atom. The first-order chi connectivity index (χ1) is 8.20. The number of nitrogens with zero attached hydrogens (tertiary/aromatic N) is 4. The number of likely N-dealkylation sites (N-methyl/N-ethyl adjacent to an activating group) is 1. The molecule has 2 aromatic rings. The smallest absolute Gasteiger partial charge is 0.160 e. The second-order valence-corrected chi connectivity index (χ2v) is 4.48. The van der Waals surface area contributed by atoms with Crippen molar-refractivity contribution in [3.63, 3.8) is 0 Å². The van der Waals surface area contributed by atoms with Crippen molar-refractivity contribution in [2.45, 2.75) is 6.54 Å². The SMILES string of the molecule is CN(CC(Cl)=CCl)Cc1nnc2ccccn12. The van der Waals surface area contributed by atoms with Crippen molar-refractivity contribution in [2.24, 2.45) is 0 Å². The molecule has 0 unspecified atom stereocenters. The molecular weight excluding hydrogens is 259 g/mol. The van der Waals surface area contributed by atoms with E-state index in [2.05, 4.69) is 10.2 Å². The van der Waals surface area contributed by atoms with Crippen LogP contribution in [0.15, 0.2) is 35.0 Å². The van der Waals surface area contributed by atoms with Crippen molar-refractivity contribution < 1.29 is 0 Å². The van der Waals surface area contributed by atoms with Crippen molar-refractivity contribution in [1.29, 1.82) is 0 Å². The monoisotopic (exact) mass is 270 g/mol. The third kappa shape index (κ3) is 2.97. The van der Waals surface area contributed by atoms with Crippen LogP contribution in [0.5, 0.6) is 0 Å². The first kappa shape index (κ1) is 12.4. The van der Waals surface area contributed by atoms with Crippen LogP contribution in [0.25, 0.3) is 5.65 Å². The summed E-state index contributed by atoms with van der Waals surface area (Å²) in [7, 11) is 1.95. The van der Waals surface area contributed by atoms with E-state index < -0.39 is 0 Å². The van der Waals surface area contributed by atoms with Gasteiger partial charge in [-0.3, -0.25) is 9.30 Å². The maximum atomic E-state index is 5.86. The summed E-state index contributed by atoms with van der Waals surface area (Å²) in [6.45, 7) is 1.25. The van der Waals surface area contributed by atoms with Crippen molar-refractivity contribution in [3.8, 4) is 0 Å². The molecule has 0 aliphatic heterocycles. The van der Waals surface area contributed by atoms with Crippen LogP contribution in [0.4, 0.5) is 0 Å². The lowest BCUT2D eigenvalue weighted by molar-refractivity contribution is 0.349. The molecule has 2 rings (SSSR count). The molecule has 90 valence electrons. The number of fused-ring (bicyclic) bond motifs is 1. The Kier molecular flexibility index (Phi) is 3.99. The molecule has 4 nitrogen and oxygen atoms in total. The highest BCUT2D eigenvalue weighted by atomic mass is 35.5. The third-order valence-corrected chi connectivity index (χ3v) is 2.94. The minimum absolute atomic E-state index is 0.590. The van der Waals surface area contributed by atoms with Crippen molar-refractivity contribution in [2.75, 3.05) is 13.6 Å². The highest BCUT2D eigenvalue weighted by molar-refractivity contribution is 6.36. The van der Waals surface area contributed by atoms with Gasteiger partial charge in [-0.2, -0.15) is 0 Å². The fourth-order valence-corrected chi connectivity index (χ4v) is 1.86. The van der Waals surface area contributed by atoms with E-state index in [4.69, 9.17) is 23.2 Å². The van der Waals surface area contributed by atoms with Gasteiger partial charge in [0.25, 0.3) is 0 Å². The lowest BCUT2D eigenvalue weighted by Gasteiger charge is -2.14. The van der Waals surface area contributed by atoms with Crippen molar-refractivity contribution in [3.05, 3.63) is 40.8 Å². The standard InChI is InChI=1S/C11H12Cl2N4/c1-16(7-9(13)6-12)8-11-15-14-10-4-2-3-5-17(10)11/h2-6H,7-8H2,1H3.